The van der Waals surface area contributed by atoms with Crippen LogP contribution in [-0.4, -0.2) is 17.9 Å². The first-order valence-electron chi connectivity index (χ1n) is 5.41. The van der Waals surface area contributed by atoms with Gasteiger partial charge in [-0.05, 0) is 24.6 Å². The minimum atomic E-state index is -0.416. The predicted molar refractivity (Wildman–Crippen MR) is 67.2 cm³/mol. The molecule has 4 nitrogen and oxygen atoms in total. The second-order valence-electron chi connectivity index (χ2n) is 4.11. The Bertz CT molecular complexity index is 444. The molecule has 0 radical (unpaired) electrons. The number of halogens is 1. The average molecular weight is 297 g/mol. The summed E-state index contributed by atoms with van der Waals surface area (Å²) < 4.78 is 1.02. The maximum absolute atomic E-state index is 11.4. The molecule has 2 rings (SSSR count). The number of hydrogen-bond donors (Lipinski definition) is 2. The van der Waals surface area contributed by atoms with Crippen LogP contribution in [0.3, 0.4) is 0 Å². The van der Waals surface area contributed by atoms with E-state index in [1.54, 1.807) is 0 Å². The molecule has 0 aromatic heterocycles. The summed E-state index contributed by atoms with van der Waals surface area (Å²) in [5, 5.41) is 5.43. The third-order valence-corrected chi connectivity index (χ3v) is 3.32. The molecule has 1 unspecified atom stereocenters. The summed E-state index contributed by atoms with van der Waals surface area (Å²) in [6, 6.07) is 7.49. The van der Waals surface area contributed by atoms with Crippen molar-refractivity contribution in [2.75, 3.05) is 0 Å². The van der Waals surface area contributed by atoms with Gasteiger partial charge in [0, 0.05) is 10.5 Å². The first-order valence-corrected chi connectivity index (χ1v) is 6.21. The van der Waals surface area contributed by atoms with Gasteiger partial charge in [0.2, 0.25) is 11.8 Å². The quantitative estimate of drug-likeness (QED) is 0.832. The molecule has 1 saturated heterocycles. The summed E-state index contributed by atoms with van der Waals surface area (Å²) in [7, 11) is 0. The summed E-state index contributed by atoms with van der Waals surface area (Å²) in [6.45, 7) is 1.97. The van der Waals surface area contributed by atoms with Crippen LogP contribution < -0.4 is 10.6 Å². The Hall–Kier alpha value is -1.20. The molecule has 1 aromatic rings. The van der Waals surface area contributed by atoms with Crippen LogP contribution in [-0.2, 0) is 9.59 Å². The number of imide groups is 1. The summed E-state index contributed by atoms with van der Waals surface area (Å²) in [5.41, 5.74) is 1.08. The fraction of sp³-hybridized carbons (Fsp3) is 0.333. The van der Waals surface area contributed by atoms with E-state index in [1.807, 2.05) is 31.2 Å². The van der Waals surface area contributed by atoms with E-state index in [-0.39, 0.29) is 24.3 Å². The van der Waals surface area contributed by atoms with Crippen LogP contribution in [0.15, 0.2) is 28.7 Å². The standard InChI is InChI=1S/C12H13BrN2O2/c1-7(8-2-4-9(13)5-3-8)14-10-6-11(16)15-12(10)17/h2-5,7,10,14H,6H2,1H3,(H,15,16,17)/t7-,10?/m1/s1. The average Bonchev–Trinajstić information content (AvgIpc) is 2.58. The van der Waals surface area contributed by atoms with Crippen molar-refractivity contribution in [2.24, 2.45) is 0 Å². The molecule has 17 heavy (non-hydrogen) atoms. The van der Waals surface area contributed by atoms with E-state index in [0.29, 0.717) is 0 Å². The van der Waals surface area contributed by atoms with Crippen LogP contribution in [0.2, 0.25) is 0 Å². The summed E-state index contributed by atoms with van der Waals surface area (Å²) in [5.74, 6) is -0.450. The van der Waals surface area contributed by atoms with Gasteiger partial charge in [0.1, 0.15) is 0 Å². The van der Waals surface area contributed by atoms with E-state index in [4.69, 9.17) is 0 Å². The molecule has 1 heterocycles. The molecule has 5 heteroatoms. The lowest BCUT2D eigenvalue weighted by Crippen LogP contribution is -2.37. The third-order valence-electron chi connectivity index (χ3n) is 2.79. The van der Waals surface area contributed by atoms with Crippen molar-refractivity contribution in [3.63, 3.8) is 0 Å². The van der Waals surface area contributed by atoms with Crippen molar-refractivity contribution in [3.8, 4) is 0 Å². The molecule has 0 spiro atoms. The summed E-state index contributed by atoms with van der Waals surface area (Å²) in [6.07, 6.45) is 0.222. The van der Waals surface area contributed by atoms with Crippen LogP contribution in [0.5, 0.6) is 0 Å². The second kappa shape index (κ2) is 4.98. The largest absolute Gasteiger partial charge is 0.299 e. The Balaban J connectivity index is 2.01. The van der Waals surface area contributed by atoms with Crippen LogP contribution >= 0.6 is 15.9 Å². The Kier molecular flexibility index (Phi) is 3.59. The van der Waals surface area contributed by atoms with Gasteiger partial charge in [-0.2, -0.15) is 0 Å². The van der Waals surface area contributed by atoms with Gasteiger partial charge >= 0.3 is 0 Å². The Labute approximate surface area is 108 Å². The molecular formula is C12H13BrN2O2. The van der Waals surface area contributed by atoms with Gasteiger partial charge in [0.25, 0.3) is 0 Å². The number of carbonyl (C=O) groups is 2. The number of rotatable bonds is 3. The lowest BCUT2D eigenvalue weighted by atomic mass is 10.1. The SMILES string of the molecule is C[C@@H](NC1CC(=O)NC1=O)c1ccc(Br)cc1. The zero-order chi connectivity index (χ0) is 12.4. The van der Waals surface area contributed by atoms with E-state index >= 15 is 0 Å². The molecule has 2 atom stereocenters. The molecular weight excluding hydrogens is 284 g/mol. The minimum Gasteiger partial charge on any atom is -0.299 e. The minimum absolute atomic E-state index is 0.0322. The molecule has 90 valence electrons. The van der Waals surface area contributed by atoms with Gasteiger partial charge in [0.05, 0.1) is 12.5 Å². The van der Waals surface area contributed by atoms with Gasteiger partial charge in [-0.25, -0.2) is 0 Å². The van der Waals surface area contributed by atoms with Crippen molar-refractivity contribution >= 4 is 27.7 Å². The van der Waals surface area contributed by atoms with Crippen LogP contribution in [0, 0.1) is 0 Å². The molecule has 1 aliphatic rings. The van der Waals surface area contributed by atoms with Gasteiger partial charge in [-0.1, -0.05) is 28.1 Å². The molecule has 0 bridgehead atoms. The Morgan fingerprint density at radius 1 is 1.35 bits per heavy atom. The van der Waals surface area contributed by atoms with Gasteiger partial charge in [-0.3, -0.25) is 20.2 Å². The highest BCUT2D eigenvalue weighted by Crippen LogP contribution is 2.18. The Morgan fingerprint density at radius 2 is 2.00 bits per heavy atom. The maximum Gasteiger partial charge on any atom is 0.244 e. The topological polar surface area (TPSA) is 58.2 Å². The molecule has 0 saturated carbocycles. The van der Waals surface area contributed by atoms with Crippen LogP contribution in [0.4, 0.5) is 0 Å². The molecule has 0 aliphatic carbocycles. The summed E-state index contributed by atoms with van der Waals surface area (Å²) >= 11 is 3.37. The van der Waals surface area contributed by atoms with Gasteiger partial charge in [0.15, 0.2) is 0 Å². The lowest BCUT2D eigenvalue weighted by molar-refractivity contribution is -0.125. The van der Waals surface area contributed by atoms with Crippen molar-refractivity contribution in [1.29, 1.82) is 0 Å². The maximum atomic E-state index is 11.4. The molecule has 1 aromatic carbocycles. The smallest absolute Gasteiger partial charge is 0.244 e. The van der Waals surface area contributed by atoms with E-state index < -0.39 is 6.04 Å². The number of hydrogen-bond acceptors (Lipinski definition) is 3. The lowest BCUT2D eigenvalue weighted by Gasteiger charge is -2.17. The van der Waals surface area contributed by atoms with Crippen molar-refractivity contribution in [1.82, 2.24) is 10.6 Å². The van der Waals surface area contributed by atoms with Gasteiger partial charge in [-0.15, -0.1) is 0 Å². The number of amides is 2. The first kappa shape index (κ1) is 12.3. The number of benzene rings is 1. The Morgan fingerprint density at radius 3 is 2.53 bits per heavy atom. The summed E-state index contributed by atoms with van der Waals surface area (Å²) in [4.78, 5) is 22.5. The zero-order valence-corrected chi connectivity index (χ0v) is 11.0. The predicted octanol–water partition coefficient (Wildman–Crippen LogP) is 1.51. The molecule has 1 fully saturated rings. The highest BCUT2D eigenvalue weighted by Gasteiger charge is 2.31. The van der Waals surface area contributed by atoms with Crippen molar-refractivity contribution in [2.45, 2.75) is 25.4 Å². The first-order chi connectivity index (χ1) is 8.06. The van der Waals surface area contributed by atoms with E-state index in [0.717, 1.165) is 10.0 Å². The third kappa shape index (κ3) is 2.92. The second-order valence-corrected chi connectivity index (χ2v) is 5.02. The molecule has 2 N–H and O–H groups in total. The highest BCUT2D eigenvalue weighted by molar-refractivity contribution is 9.10. The van der Waals surface area contributed by atoms with Crippen molar-refractivity contribution < 1.29 is 9.59 Å². The monoisotopic (exact) mass is 296 g/mol. The number of nitrogens with one attached hydrogen (secondary N) is 2. The molecule has 1 aliphatic heterocycles. The fourth-order valence-electron chi connectivity index (χ4n) is 1.84. The fourth-order valence-corrected chi connectivity index (χ4v) is 2.10. The van der Waals surface area contributed by atoms with E-state index in [2.05, 4.69) is 26.6 Å². The van der Waals surface area contributed by atoms with Gasteiger partial charge < -0.3 is 0 Å². The van der Waals surface area contributed by atoms with E-state index in [9.17, 15) is 9.59 Å². The molecule has 2 amide bonds. The number of carbonyl (C=O) groups excluding carboxylic acids is 2. The zero-order valence-electron chi connectivity index (χ0n) is 9.37. The van der Waals surface area contributed by atoms with Crippen LogP contribution in [0.25, 0.3) is 0 Å². The van der Waals surface area contributed by atoms with Crippen LogP contribution in [0.1, 0.15) is 24.9 Å². The highest BCUT2D eigenvalue weighted by atomic mass is 79.9. The van der Waals surface area contributed by atoms with Crippen molar-refractivity contribution in [3.05, 3.63) is 34.3 Å². The normalized spacial score (nSPS) is 21.4. The van der Waals surface area contributed by atoms with E-state index in [1.165, 1.54) is 0 Å².